The van der Waals surface area contributed by atoms with E-state index in [9.17, 15) is 4.79 Å². The summed E-state index contributed by atoms with van der Waals surface area (Å²) >= 11 is 0. The monoisotopic (exact) mass is 238 g/mol. The molecule has 1 unspecified atom stereocenters. The van der Waals surface area contributed by atoms with Gasteiger partial charge in [0.05, 0.1) is 0 Å². The van der Waals surface area contributed by atoms with Crippen LogP contribution in [0.4, 0.5) is 0 Å². The Morgan fingerprint density at radius 1 is 1.00 bits per heavy atom. The minimum Gasteiger partial charge on any atom is -0.295 e. The van der Waals surface area contributed by atoms with Gasteiger partial charge in [-0.05, 0) is 25.3 Å². The Hall–Kier alpha value is -0.590. The van der Waals surface area contributed by atoms with Crippen LogP contribution in [0.5, 0.6) is 0 Å². The number of allylic oxidation sites excluding steroid dienone is 2. The van der Waals surface area contributed by atoms with Gasteiger partial charge in [0.2, 0.25) is 0 Å². The largest absolute Gasteiger partial charge is 0.295 e. The van der Waals surface area contributed by atoms with Gasteiger partial charge in [-0.2, -0.15) is 0 Å². The zero-order valence-electron chi connectivity index (χ0n) is 12.0. The molecule has 1 nitrogen and oxygen atoms in total. The summed E-state index contributed by atoms with van der Waals surface area (Å²) in [5.41, 5.74) is 0. The molecular weight excluding hydrogens is 208 g/mol. The van der Waals surface area contributed by atoms with Crippen LogP contribution in [0.3, 0.4) is 0 Å². The molecule has 0 aliphatic carbocycles. The summed E-state index contributed by atoms with van der Waals surface area (Å²) < 4.78 is 0. The fourth-order valence-corrected chi connectivity index (χ4v) is 1.90. The van der Waals surface area contributed by atoms with E-state index in [-0.39, 0.29) is 5.92 Å². The van der Waals surface area contributed by atoms with Gasteiger partial charge in [0.25, 0.3) is 0 Å². The average molecular weight is 238 g/mol. The Labute approximate surface area is 108 Å². The lowest BCUT2D eigenvalue weighted by molar-refractivity contribution is -0.117. The Bertz CT molecular complexity index is 206. The smallest absolute Gasteiger partial charge is 0.158 e. The van der Waals surface area contributed by atoms with Crippen LogP contribution in [0.15, 0.2) is 12.2 Å². The molecule has 0 aromatic rings. The van der Waals surface area contributed by atoms with Gasteiger partial charge >= 0.3 is 0 Å². The molecule has 100 valence electrons. The average Bonchev–Trinajstić information content (AvgIpc) is 2.33. The second kappa shape index (κ2) is 11.9. The maximum atomic E-state index is 11.7. The van der Waals surface area contributed by atoms with Crippen molar-refractivity contribution in [2.45, 2.75) is 78.6 Å². The fraction of sp³-hybridized carbons (Fsp3) is 0.812. The topological polar surface area (TPSA) is 17.1 Å². The number of hydrogen-bond acceptors (Lipinski definition) is 1. The maximum absolute atomic E-state index is 11.7. The minimum absolute atomic E-state index is 0.216. The van der Waals surface area contributed by atoms with Crippen molar-refractivity contribution >= 4 is 5.78 Å². The van der Waals surface area contributed by atoms with Gasteiger partial charge in [-0.25, -0.2) is 0 Å². The van der Waals surface area contributed by atoms with Crippen molar-refractivity contribution in [3.63, 3.8) is 0 Å². The molecule has 0 aliphatic rings. The summed E-state index contributed by atoms with van der Waals surface area (Å²) in [7, 11) is 0. The first-order valence-corrected chi connectivity index (χ1v) is 7.42. The van der Waals surface area contributed by atoms with Gasteiger partial charge < -0.3 is 0 Å². The summed E-state index contributed by atoms with van der Waals surface area (Å²) in [4.78, 5) is 11.7. The summed E-state index contributed by atoms with van der Waals surface area (Å²) in [5.74, 6) is 0.532. The predicted octanol–water partition coefficient (Wildman–Crippen LogP) is 5.30. The molecule has 0 aromatic heterocycles. The molecule has 0 rings (SSSR count). The van der Waals surface area contributed by atoms with Crippen molar-refractivity contribution in [2.75, 3.05) is 0 Å². The second-order valence-electron chi connectivity index (χ2n) is 5.05. The molecule has 0 saturated heterocycles. The van der Waals surface area contributed by atoms with Crippen molar-refractivity contribution in [1.82, 2.24) is 0 Å². The SMILES string of the molecule is CCCCCC/C=C/C(=O)C(C)CCCCC. The number of rotatable bonds is 11. The van der Waals surface area contributed by atoms with Crippen molar-refractivity contribution in [1.29, 1.82) is 0 Å². The van der Waals surface area contributed by atoms with Gasteiger partial charge in [-0.1, -0.05) is 65.4 Å². The van der Waals surface area contributed by atoms with Crippen LogP contribution in [0.2, 0.25) is 0 Å². The molecule has 0 amide bonds. The van der Waals surface area contributed by atoms with Crippen LogP contribution < -0.4 is 0 Å². The highest BCUT2D eigenvalue weighted by atomic mass is 16.1. The summed E-state index contributed by atoms with van der Waals surface area (Å²) in [5, 5.41) is 0. The molecule has 0 N–H and O–H groups in total. The highest BCUT2D eigenvalue weighted by Gasteiger charge is 2.08. The van der Waals surface area contributed by atoms with Crippen molar-refractivity contribution in [3.8, 4) is 0 Å². The zero-order valence-corrected chi connectivity index (χ0v) is 12.0. The lowest BCUT2D eigenvalue weighted by atomic mass is 9.98. The number of hydrogen-bond donors (Lipinski definition) is 0. The highest BCUT2D eigenvalue weighted by Crippen LogP contribution is 2.11. The van der Waals surface area contributed by atoms with Crippen LogP contribution in [-0.2, 0) is 4.79 Å². The Morgan fingerprint density at radius 3 is 2.29 bits per heavy atom. The summed E-state index contributed by atoms with van der Waals surface area (Å²) in [6.45, 7) is 6.47. The van der Waals surface area contributed by atoms with Crippen molar-refractivity contribution in [3.05, 3.63) is 12.2 Å². The number of carbonyl (C=O) groups is 1. The first kappa shape index (κ1) is 16.4. The van der Waals surface area contributed by atoms with E-state index in [1.165, 1.54) is 44.9 Å². The lowest BCUT2D eigenvalue weighted by Gasteiger charge is -2.06. The quantitative estimate of drug-likeness (QED) is 0.353. The number of unbranched alkanes of at least 4 members (excludes halogenated alkanes) is 6. The Morgan fingerprint density at radius 2 is 1.65 bits per heavy atom. The molecule has 0 saturated carbocycles. The van der Waals surface area contributed by atoms with Gasteiger partial charge in [0, 0.05) is 5.92 Å². The van der Waals surface area contributed by atoms with Gasteiger partial charge in [0.1, 0.15) is 0 Å². The van der Waals surface area contributed by atoms with E-state index >= 15 is 0 Å². The molecule has 0 aromatic carbocycles. The van der Waals surface area contributed by atoms with Gasteiger partial charge in [-0.15, -0.1) is 0 Å². The second-order valence-corrected chi connectivity index (χ2v) is 5.05. The normalized spacial score (nSPS) is 13.1. The van der Waals surface area contributed by atoms with Crippen LogP contribution >= 0.6 is 0 Å². The van der Waals surface area contributed by atoms with E-state index in [1.807, 2.05) is 6.08 Å². The van der Waals surface area contributed by atoms with Crippen LogP contribution in [0, 0.1) is 5.92 Å². The first-order chi connectivity index (χ1) is 8.22. The lowest BCUT2D eigenvalue weighted by Crippen LogP contribution is -2.07. The maximum Gasteiger partial charge on any atom is 0.158 e. The van der Waals surface area contributed by atoms with E-state index in [0.29, 0.717) is 5.78 Å². The van der Waals surface area contributed by atoms with Gasteiger partial charge in [0.15, 0.2) is 5.78 Å². The Kier molecular flexibility index (Phi) is 11.5. The number of carbonyl (C=O) groups excluding carboxylic acids is 1. The van der Waals surface area contributed by atoms with Crippen LogP contribution in [-0.4, -0.2) is 5.78 Å². The molecule has 1 atom stereocenters. The van der Waals surface area contributed by atoms with Gasteiger partial charge in [-0.3, -0.25) is 4.79 Å². The number of ketones is 1. The van der Waals surface area contributed by atoms with Crippen LogP contribution in [0.25, 0.3) is 0 Å². The predicted molar refractivity (Wildman–Crippen MR) is 76.2 cm³/mol. The fourth-order valence-electron chi connectivity index (χ4n) is 1.90. The zero-order chi connectivity index (χ0) is 12.9. The van der Waals surface area contributed by atoms with E-state index in [1.54, 1.807) is 0 Å². The first-order valence-electron chi connectivity index (χ1n) is 7.42. The highest BCUT2D eigenvalue weighted by molar-refractivity contribution is 5.91. The Balaban J connectivity index is 3.57. The van der Waals surface area contributed by atoms with Crippen molar-refractivity contribution < 1.29 is 4.79 Å². The summed E-state index contributed by atoms with van der Waals surface area (Å²) in [6.07, 6.45) is 14.8. The third-order valence-electron chi connectivity index (χ3n) is 3.23. The molecule has 0 radical (unpaired) electrons. The van der Waals surface area contributed by atoms with E-state index in [4.69, 9.17) is 0 Å². The molecule has 17 heavy (non-hydrogen) atoms. The summed E-state index contributed by atoms with van der Waals surface area (Å²) in [6, 6.07) is 0. The van der Waals surface area contributed by atoms with Crippen LogP contribution in [0.1, 0.15) is 78.6 Å². The third kappa shape index (κ3) is 10.3. The van der Waals surface area contributed by atoms with E-state index < -0.39 is 0 Å². The molecule has 0 bridgehead atoms. The standard InChI is InChI=1S/C16H30O/c1-4-6-8-9-10-12-14-16(17)15(3)13-11-7-5-2/h12,14-15H,4-11,13H2,1-3H3/b14-12+. The molecule has 0 fully saturated rings. The molecule has 0 spiro atoms. The molecule has 0 aliphatic heterocycles. The minimum atomic E-state index is 0.216. The van der Waals surface area contributed by atoms with E-state index in [2.05, 4.69) is 26.8 Å². The van der Waals surface area contributed by atoms with E-state index in [0.717, 1.165) is 12.8 Å². The molecular formula is C16H30O. The molecule has 1 heteroatoms. The van der Waals surface area contributed by atoms with Crippen molar-refractivity contribution in [2.24, 2.45) is 5.92 Å². The third-order valence-corrected chi connectivity index (χ3v) is 3.23. The molecule has 0 heterocycles.